The second kappa shape index (κ2) is 5.77. The highest BCUT2D eigenvalue weighted by atomic mass is 35.5. The minimum atomic E-state index is 0.290. The summed E-state index contributed by atoms with van der Waals surface area (Å²) < 4.78 is 2.36. The average Bonchev–Trinajstić information content (AvgIpc) is 2.67. The maximum Gasteiger partial charge on any atom is 0.111 e. The molecule has 2 nitrogen and oxygen atoms in total. The maximum atomic E-state index is 5.94. The summed E-state index contributed by atoms with van der Waals surface area (Å²) in [5.74, 6) is 2.30. The monoisotopic (exact) mass is 292 g/mol. The van der Waals surface area contributed by atoms with Crippen LogP contribution in [0.25, 0.3) is 11.0 Å². The van der Waals surface area contributed by atoms with Gasteiger partial charge < -0.3 is 4.57 Å². The largest absolute Gasteiger partial charge is 0.328 e. The first-order valence-corrected chi connectivity index (χ1v) is 7.88. The summed E-state index contributed by atoms with van der Waals surface area (Å²) in [5.41, 5.74) is 3.89. The fourth-order valence-corrected chi connectivity index (χ4v) is 2.48. The maximum absolute atomic E-state index is 5.94. The molecular weight excluding hydrogens is 268 g/mol. The van der Waals surface area contributed by atoms with Gasteiger partial charge in [-0.3, -0.25) is 0 Å². The van der Waals surface area contributed by atoms with Crippen molar-refractivity contribution in [3.8, 4) is 0 Å². The van der Waals surface area contributed by atoms with E-state index in [0.717, 1.165) is 24.3 Å². The molecule has 0 spiro atoms. The minimum absolute atomic E-state index is 0.290. The molecular formula is C17H25ClN2. The van der Waals surface area contributed by atoms with Gasteiger partial charge in [0, 0.05) is 18.8 Å². The fourth-order valence-electron chi connectivity index (χ4n) is 2.31. The van der Waals surface area contributed by atoms with Crippen LogP contribution >= 0.6 is 11.6 Å². The van der Waals surface area contributed by atoms with Crippen molar-refractivity contribution in [3.05, 3.63) is 29.6 Å². The normalized spacial score (nSPS) is 13.9. The Hall–Kier alpha value is -1.02. The summed E-state index contributed by atoms with van der Waals surface area (Å²) in [6.07, 6.45) is 0.826. The molecule has 1 heterocycles. The van der Waals surface area contributed by atoms with E-state index in [1.165, 1.54) is 11.1 Å². The topological polar surface area (TPSA) is 17.8 Å². The molecule has 0 aliphatic heterocycles. The van der Waals surface area contributed by atoms with Crippen molar-refractivity contribution in [3.63, 3.8) is 0 Å². The number of hydrogen-bond acceptors (Lipinski definition) is 1. The van der Waals surface area contributed by atoms with E-state index in [2.05, 4.69) is 57.4 Å². The molecule has 0 aliphatic rings. The SMILES string of the molecule is Cc1ccc2nc(CCCl)n(CC(C)C(C)(C)C)c2c1. The fraction of sp³-hybridized carbons (Fsp3) is 0.588. The van der Waals surface area contributed by atoms with E-state index in [-0.39, 0.29) is 0 Å². The number of hydrogen-bond donors (Lipinski definition) is 0. The van der Waals surface area contributed by atoms with Crippen molar-refractivity contribution in [2.75, 3.05) is 5.88 Å². The molecule has 0 aliphatic carbocycles. The second-order valence-electron chi connectivity index (χ2n) is 6.84. The van der Waals surface area contributed by atoms with Crippen molar-refractivity contribution >= 4 is 22.6 Å². The van der Waals surface area contributed by atoms with Gasteiger partial charge in [0.2, 0.25) is 0 Å². The zero-order valence-electron chi connectivity index (χ0n) is 13.2. The number of rotatable bonds is 4. The highest BCUT2D eigenvalue weighted by molar-refractivity contribution is 6.17. The van der Waals surface area contributed by atoms with E-state index in [1.807, 2.05) is 0 Å². The molecule has 0 N–H and O–H groups in total. The van der Waals surface area contributed by atoms with Gasteiger partial charge in [-0.25, -0.2) is 4.98 Å². The first-order valence-electron chi connectivity index (χ1n) is 7.34. The zero-order chi connectivity index (χ0) is 14.9. The van der Waals surface area contributed by atoms with Crippen molar-refractivity contribution in [1.82, 2.24) is 9.55 Å². The number of aryl methyl sites for hydroxylation is 2. The van der Waals surface area contributed by atoms with Gasteiger partial charge in [0.15, 0.2) is 0 Å². The Kier molecular flexibility index (Phi) is 4.43. The Morgan fingerprint density at radius 3 is 2.60 bits per heavy atom. The van der Waals surface area contributed by atoms with Gasteiger partial charge in [0.1, 0.15) is 5.82 Å². The smallest absolute Gasteiger partial charge is 0.111 e. The predicted molar refractivity (Wildman–Crippen MR) is 87.5 cm³/mol. The third-order valence-electron chi connectivity index (χ3n) is 4.24. The van der Waals surface area contributed by atoms with Gasteiger partial charge in [0.05, 0.1) is 11.0 Å². The Morgan fingerprint density at radius 2 is 2.00 bits per heavy atom. The average molecular weight is 293 g/mol. The van der Waals surface area contributed by atoms with Crippen molar-refractivity contribution < 1.29 is 0 Å². The van der Waals surface area contributed by atoms with Gasteiger partial charge in [-0.2, -0.15) is 0 Å². The third kappa shape index (κ3) is 3.17. The third-order valence-corrected chi connectivity index (χ3v) is 4.42. The lowest BCUT2D eigenvalue weighted by atomic mass is 9.82. The van der Waals surface area contributed by atoms with Crippen LogP contribution in [0.2, 0.25) is 0 Å². The highest BCUT2D eigenvalue weighted by Crippen LogP contribution is 2.29. The van der Waals surface area contributed by atoms with Gasteiger partial charge >= 0.3 is 0 Å². The summed E-state index contributed by atoms with van der Waals surface area (Å²) in [5, 5.41) is 0. The van der Waals surface area contributed by atoms with Crippen LogP contribution < -0.4 is 0 Å². The van der Waals surface area contributed by atoms with Gasteiger partial charge in [-0.05, 0) is 36.0 Å². The summed E-state index contributed by atoms with van der Waals surface area (Å²) in [6.45, 7) is 12.3. The summed E-state index contributed by atoms with van der Waals surface area (Å²) >= 11 is 5.94. The van der Waals surface area contributed by atoms with Crippen LogP contribution in [-0.4, -0.2) is 15.4 Å². The van der Waals surface area contributed by atoms with E-state index in [0.29, 0.717) is 17.2 Å². The molecule has 1 aromatic carbocycles. The number of imidazole rings is 1. The zero-order valence-corrected chi connectivity index (χ0v) is 14.0. The van der Waals surface area contributed by atoms with Crippen molar-refractivity contribution in [2.24, 2.45) is 11.3 Å². The molecule has 1 aromatic heterocycles. The number of aromatic nitrogens is 2. The number of halogens is 1. The van der Waals surface area contributed by atoms with Crippen LogP contribution in [0, 0.1) is 18.3 Å². The quantitative estimate of drug-likeness (QED) is 0.740. The molecule has 2 aromatic rings. The highest BCUT2D eigenvalue weighted by Gasteiger charge is 2.22. The van der Waals surface area contributed by atoms with Crippen LogP contribution in [0.15, 0.2) is 18.2 Å². The Bertz CT molecular complexity index is 593. The molecule has 0 amide bonds. The second-order valence-corrected chi connectivity index (χ2v) is 7.21. The van der Waals surface area contributed by atoms with Crippen LogP contribution in [-0.2, 0) is 13.0 Å². The number of benzene rings is 1. The molecule has 110 valence electrons. The van der Waals surface area contributed by atoms with E-state index < -0.39 is 0 Å². The Morgan fingerprint density at radius 1 is 1.30 bits per heavy atom. The number of alkyl halides is 1. The number of nitrogens with zero attached hydrogens (tertiary/aromatic N) is 2. The van der Waals surface area contributed by atoms with Gasteiger partial charge in [-0.1, -0.05) is 33.8 Å². The molecule has 3 heteroatoms. The van der Waals surface area contributed by atoms with E-state index in [1.54, 1.807) is 0 Å². The molecule has 0 fully saturated rings. The van der Waals surface area contributed by atoms with Crippen LogP contribution in [0.3, 0.4) is 0 Å². The first kappa shape index (κ1) is 15.4. The lowest BCUT2D eigenvalue weighted by Crippen LogP contribution is -2.23. The lowest BCUT2D eigenvalue weighted by Gasteiger charge is -2.28. The summed E-state index contributed by atoms with van der Waals surface area (Å²) in [4.78, 5) is 4.76. The molecule has 1 atom stereocenters. The molecule has 0 radical (unpaired) electrons. The van der Waals surface area contributed by atoms with Gasteiger partial charge in [-0.15, -0.1) is 11.6 Å². The molecule has 1 unspecified atom stereocenters. The van der Waals surface area contributed by atoms with Crippen molar-refractivity contribution in [1.29, 1.82) is 0 Å². The van der Waals surface area contributed by atoms with Crippen LogP contribution in [0.4, 0.5) is 0 Å². The molecule has 2 rings (SSSR count). The summed E-state index contributed by atoms with van der Waals surface area (Å²) in [7, 11) is 0. The lowest BCUT2D eigenvalue weighted by molar-refractivity contribution is 0.233. The molecule has 0 saturated carbocycles. The van der Waals surface area contributed by atoms with Crippen LogP contribution in [0.5, 0.6) is 0 Å². The Labute approximate surface area is 127 Å². The Balaban J connectivity index is 2.47. The standard InChI is InChI=1S/C17H25ClN2/c1-12-6-7-14-15(10-12)20(16(19-14)8-9-18)11-13(2)17(3,4)5/h6-7,10,13H,8-9,11H2,1-5H3. The van der Waals surface area contributed by atoms with Gasteiger partial charge in [0.25, 0.3) is 0 Å². The van der Waals surface area contributed by atoms with Crippen LogP contribution in [0.1, 0.15) is 39.1 Å². The van der Waals surface area contributed by atoms with E-state index in [4.69, 9.17) is 16.6 Å². The number of fused-ring (bicyclic) bond motifs is 1. The molecule has 20 heavy (non-hydrogen) atoms. The minimum Gasteiger partial charge on any atom is -0.328 e. The molecule has 0 bridgehead atoms. The predicted octanol–water partition coefficient (Wildman–Crippen LogP) is 4.81. The molecule has 0 saturated heterocycles. The van der Waals surface area contributed by atoms with E-state index >= 15 is 0 Å². The first-order chi connectivity index (χ1) is 9.32. The van der Waals surface area contributed by atoms with E-state index in [9.17, 15) is 0 Å². The van der Waals surface area contributed by atoms with Crippen molar-refractivity contribution in [2.45, 2.75) is 47.6 Å². The summed E-state index contributed by atoms with van der Waals surface area (Å²) in [6, 6.07) is 6.47.